The normalized spacial score (nSPS) is 18.2. The van der Waals surface area contributed by atoms with E-state index in [1.807, 2.05) is 0 Å². The number of amides is 1. The fraction of sp³-hybridized carbons (Fsp3) is 0.429. The first-order valence-corrected chi connectivity index (χ1v) is 6.87. The molecule has 1 aliphatic rings. The summed E-state index contributed by atoms with van der Waals surface area (Å²) in [5.41, 5.74) is 6.84. The van der Waals surface area contributed by atoms with Crippen LogP contribution in [-0.2, 0) is 4.74 Å². The highest BCUT2D eigenvalue weighted by Crippen LogP contribution is 2.14. The van der Waals surface area contributed by atoms with E-state index < -0.39 is 0 Å². The lowest BCUT2D eigenvalue weighted by atomic mass is 10.1. The number of nitrogens with two attached hydrogens (primary N) is 1. The van der Waals surface area contributed by atoms with Crippen LogP contribution >= 0.6 is 12.2 Å². The van der Waals surface area contributed by atoms with Crippen molar-refractivity contribution in [2.75, 3.05) is 13.2 Å². The largest absolute Gasteiger partial charge is 0.389 e. The summed E-state index contributed by atoms with van der Waals surface area (Å²) in [5.74, 6) is -0.101. The molecular weight excluding hydrogens is 260 g/mol. The molecule has 5 heteroatoms. The lowest BCUT2D eigenvalue weighted by Gasteiger charge is -2.10. The van der Waals surface area contributed by atoms with E-state index in [0.717, 1.165) is 25.9 Å². The number of ether oxygens (including phenoxy) is 1. The van der Waals surface area contributed by atoms with Crippen LogP contribution in [0.3, 0.4) is 0 Å². The SMILES string of the molecule is NC(=S)c1cccc(C(=O)NCCC2CCCO2)c1. The van der Waals surface area contributed by atoms with E-state index in [0.29, 0.717) is 28.8 Å². The van der Waals surface area contributed by atoms with Crippen LogP contribution < -0.4 is 11.1 Å². The second-order valence-electron chi connectivity index (χ2n) is 4.62. The van der Waals surface area contributed by atoms with Crippen LogP contribution in [0.1, 0.15) is 35.2 Å². The van der Waals surface area contributed by atoms with Crippen LogP contribution in [0, 0.1) is 0 Å². The molecule has 4 nitrogen and oxygen atoms in total. The second kappa shape index (κ2) is 6.63. The van der Waals surface area contributed by atoms with Crippen molar-refractivity contribution in [3.63, 3.8) is 0 Å². The van der Waals surface area contributed by atoms with Crippen molar-refractivity contribution in [3.8, 4) is 0 Å². The van der Waals surface area contributed by atoms with Gasteiger partial charge in [-0.25, -0.2) is 0 Å². The van der Waals surface area contributed by atoms with Crippen molar-refractivity contribution >= 4 is 23.1 Å². The Morgan fingerprint density at radius 1 is 1.47 bits per heavy atom. The zero-order valence-corrected chi connectivity index (χ0v) is 11.5. The van der Waals surface area contributed by atoms with Gasteiger partial charge in [0.2, 0.25) is 0 Å². The topological polar surface area (TPSA) is 64.4 Å². The van der Waals surface area contributed by atoms with E-state index in [4.69, 9.17) is 22.7 Å². The van der Waals surface area contributed by atoms with E-state index >= 15 is 0 Å². The lowest BCUT2D eigenvalue weighted by molar-refractivity contribution is 0.0907. The third-order valence-electron chi connectivity index (χ3n) is 3.19. The van der Waals surface area contributed by atoms with Gasteiger partial charge in [-0.3, -0.25) is 4.79 Å². The standard InChI is InChI=1S/C14H18N2O2S/c15-13(19)10-3-1-4-11(9-10)14(17)16-7-6-12-5-2-8-18-12/h1,3-4,9,12H,2,5-8H2,(H2,15,19)(H,16,17). The van der Waals surface area contributed by atoms with Gasteiger partial charge < -0.3 is 15.8 Å². The van der Waals surface area contributed by atoms with Gasteiger partial charge in [0.25, 0.3) is 5.91 Å². The molecule has 1 unspecified atom stereocenters. The van der Waals surface area contributed by atoms with Crippen molar-refractivity contribution in [1.29, 1.82) is 0 Å². The molecule has 0 spiro atoms. The minimum absolute atomic E-state index is 0.101. The van der Waals surface area contributed by atoms with Crippen molar-refractivity contribution in [2.45, 2.75) is 25.4 Å². The number of benzene rings is 1. The molecule has 1 aromatic rings. The van der Waals surface area contributed by atoms with Gasteiger partial charge in [-0.15, -0.1) is 0 Å². The third-order valence-corrected chi connectivity index (χ3v) is 3.42. The van der Waals surface area contributed by atoms with E-state index in [9.17, 15) is 4.79 Å². The predicted octanol–water partition coefficient (Wildman–Crippen LogP) is 1.62. The molecule has 0 radical (unpaired) electrons. The first kappa shape index (κ1) is 14.0. The van der Waals surface area contributed by atoms with Crippen LogP contribution in [0.2, 0.25) is 0 Å². The van der Waals surface area contributed by atoms with Gasteiger partial charge in [0, 0.05) is 24.3 Å². The number of carbonyl (C=O) groups excluding carboxylic acids is 1. The summed E-state index contributed by atoms with van der Waals surface area (Å²) >= 11 is 4.90. The summed E-state index contributed by atoms with van der Waals surface area (Å²) in [6.45, 7) is 1.47. The molecule has 1 amide bonds. The highest BCUT2D eigenvalue weighted by molar-refractivity contribution is 7.80. The van der Waals surface area contributed by atoms with Crippen LogP contribution in [0.4, 0.5) is 0 Å². The molecule has 1 aliphatic heterocycles. The first-order chi connectivity index (χ1) is 9.16. The molecule has 1 saturated heterocycles. The lowest BCUT2D eigenvalue weighted by Crippen LogP contribution is -2.27. The van der Waals surface area contributed by atoms with Crippen molar-refractivity contribution in [3.05, 3.63) is 35.4 Å². The number of carbonyl (C=O) groups is 1. The monoisotopic (exact) mass is 278 g/mol. The Bertz CT molecular complexity index is 470. The molecule has 1 aromatic carbocycles. The average molecular weight is 278 g/mol. The molecule has 0 aromatic heterocycles. The number of hydrogen-bond acceptors (Lipinski definition) is 3. The number of nitrogens with one attached hydrogen (secondary N) is 1. The summed E-state index contributed by atoms with van der Waals surface area (Å²) in [7, 11) is 0. The Labute approximate surface area is 118 Å². The summed E-state index contributed by atoms with van der Waals surface area (Å²) in [5, 5.41) is 2.89. The minimum Gasteiger partial charge on any atom is -0.389 e. The van der Waals surface area contributed by atoms with Crippen molar-refractivity contribution in [2.24, 2.45) is 5.73 Å². The molecule has 19 heavy (non-hydrogen) atoms. The molecule has 3 N–H and O–H groups in total. The zero-order chi connectivity index (χ0) is 13.7. The molecule has 1 fully saturated rings. The number of hydrogen-bond donors (Lipinski definition) is 2. The molecular formula is C14H18N2O2S. The van der Waals surface area contributed by atoms with Gasteiger partial charge in [-0.2, -0.15) is 0 Å². The molecule has 102 valence electrons. The smallest absolute Gasteiger partial charge is 0.251 e. The van der Waals surface area contributed by atoms with Gasteiger partial charge in [-0.1, -0.05) is 24.4 Å². The predicted molar refractivity (Wildman–Crippen MR) is 78.3 cm³/mol. The van der Waals surface area contributed by atoms with Crippen molar-refractivity contribution in [1.82, 2.24) is 5.32 Å². The summed E-state index contributed by atoms with van der Waals surface area (Å²) in [6.07, 6.45) is 3.37. The van der Waals surface area contributed by atoms with Gasteiger partial charge in [0.15, 0.2) is 0 Å². The van der Waals surface area contributed by atoms with Crippen LogP contribution in [0.5, 0.6) is 0 Å². The van der Waals surface area contributed by atoms with E-state index in [1.165, 1.54) is 0 Å². The molecule has 1 atom stereocenters. The number of thiocarbonyl (C=S) groups is 1. The maximum Gasteiger partial charge on any atom is 0.251 e. The van der Waals surface area contributed by atoms with E-state index in [1.54, 1.807) is 24.3 Å². The first-order valence-electron chi connectivity index (χ1n) is 6.46. The Balaban J connectivity index is 1.85. The highest BCUT2D eigenvalue weighted by atomic mass is 32.1. The fourth-order valence-corrected chi connectivity index (χ4v) is 2.26. The molecule has 2 rings (SSSR count). The maximum atomic E-state index is 12.0. The Kier molecular flexibility index (Phi) is 4.87. The molecule has 0 aliphatic carbocycles. The van der Waals surface area contributed by atoms with Crippen LogP contribution in [-0.4, -0.2) is 30.2 Å². The quantitative estimate of drug-likeness (QED) is 0.803. The third kappa shape index (κ3) is 4.01. The van der Waals surface area contributed by atoms with Gasteiger partial charge in [0.1, 0.15) is 4.99 Å². The van der Waals surface area contributed by atoms with Crippen LogP contribution in [0.15, 0.2) is 24.3 Å². The Hall–Kier alpha value is -1.46. The zero-order valence-electron chi connectivity index (χ0n) is 10.7. The molecule has 0 bridgehead atoms. The average Bonchev–Trinajstić information content (AvgIpc) is 2.92. The second-order valence-corrected chi connectivity index (χ2v) is 5.06. The van der Waals surface area contributed by atoms with E-state index in [2.05, 4.69) is 5.32 Å². The van der Waals surface area contributed by atoms with Crippen molar-refractivity contribution < 1.29 is 9.53 Å². The van der Waals surface area contributed by atoms with Crippen LogP contribution in [0.25, 0.3) is 0 Å². The maximum absolute atomic E-state index is 12.0. The summed E-state index contributed by atoms with van der Waals surface area (Å²) < 4.78 is 5.51. The Morgan fingerprint density at radius 3 is 2.95 bits per heavy atom. The molecule has 1 heterocycles. The Morgan fingerprint density at radius 2 is 2.26 bits per heavy atom. The van der Waals surface area contributed by atoms with E-state index in [-0.39, 0.29) is 5.91 Å². The fourth-order valence-electron chi connectivity index (χ4n) is 2.13. The van der Waals surface area contributed by atoms with Gasteiger partial charge >= 0.3 is 0 Å². The minimum atomic E-state index is -0.101. The summed E-state index contributed by atoms with van der Waals surface area (Å²) in [6, 6.07) is 7.04. The van der Waals surface area contributed by atoms with Gasteiger partial charge in [0.05, 0.1) is 6.10 Å². The van der Waals surface area contributed by atoms with Gasteiger partial charge in [-0.05, 0) is 31.4 Å². The highest BCUT2D eigenvalue weighted by Gasteiger charge is 2.15. The molecule has 0 saturated carbocycles. The summed E-state index contributed by atoms with van der Waals surface area (Å²) in [4.78, 5) is 12.3. The number of rotatable bonds is 5.